The van der Waals surface area contributed by atoms with Gasteiger partial charge in [0.2, 0.25) is 0 Å². The van der Waals surface area contributed by atoms with Crippen LogP contribution in [0.4, 0.5) is 0 Å². The molecule has 0 atom stereocenters. The van der Waals surface area contributed by atoms with Crippen LogP contribution in [0.1, 0.15) is 416 Å². The van der Waals surface area contributed by atoms with Gasteiger partial charge in [0.05, 0.1) is 0 Å². The Morgan fingerprint density at radius 3 is 0.281 bits per heavy atom. The van der Waals surface area contributed by atoms with Crippen molar-refractivity contribution in [2.24, 2.45) is 0 Å². The molecule has 0 radical (unpaired) electrons. The molecule has 8 aromatic carbocycles. The topological polar surface area (TPSA) is 121 Å². The highest BCUT2D eigenvalue weighted by Gasteiger charge is 2.36. The molecule has 0 fully saturated rings. The fourth-order valence-electron chi connectivity index (χ4n) is 17.2. The van der Waals surface area contributed by atoms with Gasteiger partial charge in [-0.1, -0.05) is 322 Å². The van der Waals surface area contributed by atoms with Gasteiger partial charge in [0.25, 0.3) is 0 Å². The second-order valence-electron chi connectivity index (χ2n) is 46.9. The Labute approximate surface area is 694 Å². The fourth-order valence-corrected chi connectivity index (χ4v) is 17.2. The summed E-state index contributed by atoms with van der Waals surface area (Å²) in [5, 5.41) is 69.8. The second-order valence-corrected chi connectivity index (χ2v) is 46.9. The average Bonchev–Trinajstić information content (AvgIpc) is 0.757. The minimum absolute atomic E-state index is 0.226. The van der Waals surface area contributed by atoms with Crippen LogP contribution >= 0.6 is 0 Å². The number of phenolic OH excluding ortho intramolecular Hbond substituents is 6. The van der Waals surface area contributed by atoms with Gasteiger partial charge in [-0.2, -0.15) is 0 Å². The lowest BCUT2D eigenvalue weighted by molar-refractivity contribution is 0.422. The summed E-state index contributed by atoms with van der Waals surface area (Å²) in [7, 11) is 0. The third-order valence-electron chi connectivity index (χ3n) is 24.4. The monoisotopic (exact) mass is 1550 g/mol. The highest BCUT2D eigenvalue weighted by Crippen LogP contribution is 2.50. The van der Waals surface area contributed by atoms with E-state index in [4.69, 9.17) is 0 Å². The van der Waals surface area contributed by atoms with Crippen molar-refractivity contribution in [1.82, 2.24) is 0 Å². The second kappa shape index (κ2) is 31.8. The van der Waals surface area contributed by atoms with Gasteiger partial charge in [-0.15, -0.1) is 0 Å². The summed E-state index contributed by atoms with van der Waals surface area (Å²) in [6, 6.07) is 26.8. The molecule has 6 heteroatoms. The molecule has 0 aliphatic carbocycles. The van der Waals surface area contributed by atoms with E-state index >= 15 is 0 Å². The van der Waals surface area contributed by atoms with E-state index in [1.54, 1.807) is 0 Å². The third-order valence-corrected chi connectivity index (χ3v) is 24.4. The van der Waals surface area contributed by atoms with Crippen LogP contribution in [0.3, 0.4) is 0 Å². The van der Waals surface area contributed by atoms with Gasteiger partial charge in [0, 0.05) is 0 Å². The Morgan fingerprint density at radius 1 is 0.149 bits per heavy atom. The van der Waals surface area contributed by atoms with Crippen LogP contribution in [-0.2, 0) is 104 Å². The number of benzene rings is 8. The molecular formula is C108H156O6. The van der Waals surface area contributed by atoms with E-state index in [1.165, 1.54) is 100 Å². The predicted octanol–water partition coefficient (Wildman–Crippen LogP) is 28.6. The van der Waals surface area contributed by atoms with Gasteiger partial charge in [0.1, 0.15) is 34.5 Å². The molecule has 0 spiro atoms. The first-order valence-corrected chi connectivity index (χ1v) is 42.5. The van der Waals surface area contributed by atoms with Crippen LogP contribution in [0.15, 0.2) is 72.8 Å². The molecule has 0 amide bonds. The zero-order chi connectivity index (χ0) is 87.5. The van der Waals surface area contributed by atoms with Crippen molar-refractivity contribution >= 4 is 0 Å². The minimum atomic E-state index is -0.226. The van der Waals surface area contributed by atoms with Crippen molar-refractivity contribution in [3.8, 4) is 34.5 Å². The first-order chi connectivity index (χ1) is 51.1. The van der Waals surface area contributed by atoms with Crippen molar-refractivity contribution in [3.63, 3.8) is 0 Å². The van der Waals surface area contributed by atoms with Crippen molar-refractivity contribution in [1.29, 1.82) is 0 Å². The summed E-state index contributed by atoms with van der Waals surface area (Å²) in [4.78, 5) is 0. The summed E-state index contributed by atoms with van der Waals surface area (Å²) in [6.07, 6.45) is 4.48. The molecule has 0 saturated carbocycles. The molecule has 6 nitrogen and oxygen atoms in total. The lowest BCUT2D eigenvalue weighted by atomic mass is 9.75. The highest BCUT2D eigenvalue weighted by molar-refractivity contribution is 5.63. The van der Waals surface area contributed by atoms with Gasteiger partial charge < -0.3 is 30.6 Å². The lowest BCUT2D eigenvalue weighted by Crippen LogP contribution is -2.19. The molecule has 624 valence electrons. The Hall–Kier alpha value is -7.44. The zero-order valence-corrected chi connectivity index (χ0v) is 79.9. The van der Waals surface area contributed by atoms with E-state index in [9.17, 15) is 30.6 Å². The Kier molecular flexibility index (Phi) is 26.1. The first-order valence-electron chi connectivity index (χ1n) is 42.5. The molecule has 114 heavy (non-hydrogen) atoms. The maximum absolute atomic E-state index is 11.6. The van der Waals surface area contributed by atoms with E-state index < -0.39 is 0 Å². The van der Waals surface area contributed by atoms with Crippen LogP contribution in [0, 0.1) is 41.5 Å². The molecule has 8 rings (SSSR count). The molecule has 6 N–H and O–H groups in total. The van der Waals surface area contributed by atoms with Crippen LogP contribution in [0.2, 0.25) is 0 Å². The molecule has 0 aliphatic rings. The average molecular weight is 1550 g/mol. The Bertz CT molecular complexity index is 3870. The number of phenols is 6. The summed E-state index contributed by atoms with van der Waals surface area (Å²) >= 11 is 0. The van der Waals surface area contributed by atoms with Gasteiger partial charge in [-0.25, -0.2) is 0 Å². The zero-order valence-electron chi connectivity index (χ0n) is 79.9. The number of rotatable bonds is 12. The highest BCUT2D eigenvalue weighted by atomic mass is 16.3. The largest absolute Gasteiger partial charge is 0.507 e. The SMILES string of the molecule is Cc1c(Cc2cc(C(C)(C)C)c(O)c(C(C)(C)C)c2)c(C)c(Cc2cc(C(C)(C)C)c(O)c(C(C)(C)C)c2)c(C)c1Cc1cc(C(C)(C)C)c(O)c(C(C)(C)C)c1.Cc1c(Cc2cc(C(C)(C)C)c(O)c(C(C)(C)C)c2)c(C)c(Cc2cc(C(C)(C)C)c(O)c(C(C)(C)C)c2)c(C)c1Cc1cc(C(C)(C)C)c(O)c(C(C)(C)C)c1. The number of hydrogen-bond acceptors (Lipinski definition) is 6. The lowest BCUT2D eigenvalue weighted by Gasteiger charge is -2.30. The van der Waals surface area contributed by atoms with Crippen LogP contribution in [0.5, 0.6) is 34.5 Å². The molecule has 0 saturated heterocycles. The third kappa shape index (κ3) is 20.7. The summed E-state index contributed by atoms with van der Waals surface area (Å²) in [5.41, 5.74) is 32.1. The maximum atomic E-state index is 11.6. The van der Waals surface area contributed by atoms with E-state index in [1.807, 2.05) is 0 Å². The number of hydrogen-bond donors (Lipinski definition) is 6. The summed E-state index contributed by atoms with van der Waals surface area (Å²) in [6.45, 7) is 92.4. The Balaban J connectivity index is 0.000000316. The molecular weight excluding hydrogens is 1390 g/mol. The Morgan fingerprint density at radius 2 is 0.219 bits per heavy atom. The van der Waals surface area contributed by atoms with E-state index in [0.29, 0.717) is 34.5 Å². The van der Waals surface area contributed by atoms with E-state index in [2.05, 4.69) is 364 Å². The normalized spacial score (nSPS) is 13.4. The van der Waals surface area contributed by atoms with Crippen molar-refractivity contribution in [3.05, 3.63) is 240 Å². The predicted molar refractivity (Wildman–Crippen MR) is 491 cm³/mol. The van der Waals surface area contributed by atoms with E-state index in [-0.39, 0.29) is 65.0 Å². The van der Waals surface area contributed by atoms with Crippen molar-refractivity contribution in [2.45, 2.75) is 394 Å². The first kappa shape index (κ1) is 93.7. The van der Waals surface area contributed by atoms with Crippen molar-refractivity contribution < 1.29 is 30.6 Å². The van der Waals surface area contributed by atoms with Gasteiger partial charge in [0.15, 0.2) is 0 Å². The van der Waals surface area contributed by atoms with Gasteiger partial charge in [-0.3, -0.25) is 0 Å². The molecule has 0 bridgehead atoms. The fraction of sp³-hybridized carbons (Fsp3) is 0.556. The van der Waals surface area contributed by atoms with E-state index in [0.717, 1.165) is 105 Å². The molecule has 0 aliphatic heterocycles. The number of aromatic hydroxyl groups is 6. The summed E-state index contributed by atoms with van der Waals surface area (Å²) < 4.78 is 0. The van der Waals surface area contributed by atoms with Gasteiger partial charge >= 0.3 is 0 Å². The molecule has 0 unspecified atom stereocenters. The minimum Gasteiger partial charge on any atom is -0.507 e. The maximum Gasteiger partial charge on any atom is 0.123 e. The van der Waals surface area contributed by atoms with Crippen molar-refractivity contribution in [2.75, 3.05) is 0 Å². The molecule has 8 aromatic rings. The molecule has 0 aromatic heterocycles. The van der Waals surface area contributed by atoms with Crippen LogP contribution in [0.25, 0.3) is 0 Å². The van der Waals surface area contributed by atoms with Gasteiger partial charge in [-0.05, 0) is 312 Å². The van der Waals surface area contributed by atoms with Crippen LogP contribution in [-0.4, -0.2) is 30.6 Å². The quantitative estimate of drug-likeness (QED) is 0.0725. The molecule has 0 heterocycles. The van der Waals surface area contributed by atoms with Crippen LogP contribution < -0.4 is 0 Å². The smallest absolute Gasteiger partial charge is 0.123 e. The summed E-state index contributed by atoms with van der Waals surface area (Å²) in [5.74, 6) is 2.45. The standard InChI is InChI=1S/2C54H78O3/c2*1-31-37(22-34-25-40(49(4,5)6)46(55)41(26-34)50(7,8)9)32(2)39(24-36-29-44(53(16,17)18)48(57)45(30-36)54(19,20)21)33(3)38(31)23-35-27-42(51(10,11)12)47(56)43(28-35)52(13,14)15/h2*25-30,55-57H,22-24H2,1-21H3.